The predicted octanol–water partition coefficient (Wildman–Crippen LogP) is 4.34. The Morgan fingerprint density at radius 3 is 2.50 bits per heavy atom. The lowest BCUT2D eigenvalue weighted by atomic mass is 10.1. The Morgan fingerprint density at radius 1 is 1.00 bits per heavy atom. The molecule has 4 rings (SSSR count). The summed E-state index contributed by atoms with van der Waals surface area (Å²) in [6.45, 7) is 3.85. The highest BCUT2D eigenvalue weighted by Gasteiger charge is 2.11. The summed E-state index contributed by atoms with van der Waals surface area (Å²) >= 11 is 0. The summed E-state index contributed by atoms with van der Waals surface area (Å²) in [7, 11) is 0. The maximum Gasteiger partial charge on any atom is 0.251 e. The lowest BCUT2D eigenvalue weighted by Crippen LogP contribution is -2.30. The molecule has 5 nitrogen and oxygen atoms in total. The number of halogens is 1. The van der Waals surface area contributed by atoms with E-state index in [0.29, 0.717) is 5.56 Å². The van der Waals surface area contributed by atoms with Gasteiger partial charge in [-0.2, -0.15) is 5.10 Å². The number of hydrogen-bond acceptors (Lipinski definition) is 3. The molecule has 1 N–H and O–H groups in total. The third-order valence-electron chi connectivity index (χ3n) is 4.34. The van der Waals surface area contributed by atoms with Gasteiger partial charge in [-0.1, -0.05) is 12.1 Å². The van der Waals surface area contributed by atoms with E-state index in [2.05, 4.69) is 15.4 Å². The molecule has 2 aromatic heterocycles. The molecule has 140 valence electrons. The van der Waals surface area contributed by atoms with E-state index in [1.54, 1.807) is 29.0 Å². The van der Waals surface area contributed by atoms with Crippen LogP contribution < -0.4 is 5.32 Å². The monoisotopic (exact) mass is 374 g/mol. The van der Waals surface area contributed by atoms with E-state index in [4.69, 9.17) is 0 Å². The van der Waals surface area contributed by atoms with Crippen LogP contribution in [-0.2, 0) is 0 Å². The van der Waals surface area contributed by atoms with Gasteiger partial charge in [-0.3, -0.25) is 4.79 Å². The van der Waals surface area contributed by atoms with Crippen LogP contribution in [0.3, 0.4) is 0 Å². The molecule has 0 spiro atoms. The minimum atomic E-state index is -0.280. The van der Waals surface area contributed by atoms with Gasteiger partial charge in [-0.25, -0.2) is 13.9 Å². The first-order valence-corrected chi connectivity index (χ1v) is 9.02. The van der Waals surface area contributed by atoms with E-state index in [-0.39, 0.29) is 17.8 Å². The molecule has 4 aromatic rings. The molecule has 1 amide bonds. The normalized spacial score (nSPS) is 11.1. The molecule has 0 aliphatic heterocycles. The number of aromatic nitrogens is 3. The molecule has 2 heterocycles. The number of nitrogens with zero attached hydrogens (tertiary/aromatic N) is 3. The summed E-state index contributed by atoms with van der Waals surface area (Å²) in [6.07, 6.45) is 1.64. The standard InChI is InChI=1S/C22H19FN4O/c1-14(2)25-22(28)17-5-3-4-16(10-17)20-11-19-12-21(26-27(19)13-24-20)15-6-8-18(23)9-7-15/h3-14H,1-2H3,(H,25,28). The molecule has 0 fully saturated rings. The molecule has 0 unspecified atom stereocenters. The van der Waals surface area contributed by atoms with Gasteiger partial charge in [-0.05, 0) is 62.4 Å². The van der Waals surface area contributed by atoms with E-state index in [1.165, 1.54) is 12.1 Å². The summed E-state index contributed by atoms with van der Waals surface area (Å²) in [5.74, 6) is -0.390. The van der Waals surface area contributed by atoms with Crippen molar-refractivity contribution < 1.29 is 9.18 Å². The van der Waals surface area contributed by atoms with Crippen molar-refractivity contribution in [1.29, 1.82) is 0 Å². The number of fused-ring (bicyclic) bond motifs is 1. The van der Waals surface area contributed by atoms with Gasteiger partial charge in [0.05, 0.1) is 16.9 Å². The summed E-state index contributed by atoms with van der Waals surface area (Å²) in [5.41, 5.74) is 4.62. The molecule has 6 heteroatoms. The fraction of sp³-hybridized carbons (Fsp3) is 0.136. The zero-order valence-electron chi connectivity index (χ0n) is 15.6. The second-order valence-corrected chi connectivity index (χ2v) is 6.89. The minimum Gasteiger partial charge on any atom is -0.350 e. The van der Waals surface area contributed by atoms with E-state index in [1.807, 2.05) is 44.2 Å². The average molecular weight is 374 g/mol. The third-order valence-corrected chi connectivity index (χ3v) is 4.34. The SMILES string of the molecule is CC(C)NC(=O)c1cccc(-c2cc3cc(-c4ccc(F)cc4)nn3cn2)c1. The van der Waals surface area contributed by atoms with Gasteiger partial charge in [0.2, 0.25) is 0 Å². The molecule has 0 atom stereocenters. The predicted molar refractivity (Wildman–Crippen MR) is 106 cm³/mol. The third kappa shape index (κ3) is 3.62. The van der Waals surface area contributed by atoms with Crippen molar-refractivity contribution in [3.8, 4) is 22.5 Å². The number of amides is 1. The summed E-state index contributed by atoms with van der Waals surface area (Å²) in [6, 6.07) is 17.5. The van der Waals surface area contributed by atoms with Crippen LogP contribution >= 0.6 is 0 Å². The molecule has 0 aliphatic carbocycles. The van der Waals surface area contributed by atoms with Crippen LogP contribution in [0.15, 0.2) is 67.0 Å². The van der Waals surface area contributed by atoms with Gasteiger partial charge in [0.15, 0.2) is 0 Å². The van der Waals surface area contributed by atoms with Crippen molar-refractivity contribution in [2.24, 2.45) is 0 Å². The van der Waals surface area contributed by atoms with Gasteiger partial charge in [0, 0.05) is 22.7 Å². The van der Waals surface area contributed by atoms with Gasteiger partial charge >= 0.3 is 0 Å². The first-order valence-electron chi connectivity index (χ1n) is 9.02. The lowest BCUT2D eigenvalue weighted by Gasteiger charge is -2.09. The minimum absolute atomic E-state index is 0.0716. The molecular formula is C22H19FN4O. The maximum atomic E-state index is 13.1. The zero-order valence-corrected chi connectivity index (χ0v) is 15.6. The molecule has 2 aromatic carbocycles. The first kappa shape index (κ1) is 17.9. The van der Waals surface area contributed by atoms with Crippen molar-refractivity contribution in [2.75, 3.05) is 0 Å². The Labute approximate surface area is 161 Å². The Balaban J connectivity index is 1.68. The highest BCUT2D eigenvalue weighted by atomic mass is 19.1. The Kier molecular flexibility index (Phi) is 4.61. The van der Waals surface area contributed by atoms with Crippen LogP contribution in [0.1, 0.15) is 24.2 Å². The quantitative estimate of drug-likeness (QED) is 0.578. The maximum absolute atomic E-state index is 13.1. The van der Waals surface area contributed by atoms with E-state index in [0.717, 1.165) is 28.0 Å². The zero-order chi connectivity index (χ0) is 19.7. The second kappa shape index (κ2) is 7.23. The van der Waals surface area contributed by atoms with Crippen LogP contribution in [-0.4, -0.2) is 26.5 Å². The van der Waals surface area contributed by atoms with Crippen LogP contribution in [0.4, 0.5) is 4.39 Å². The number of rotatable bonds is 4. The molecule has 0 aliphatic rings. The number of carbonyl (C=O) groups excluding carboxylic acids is 1. The number of nitrogens with one attached hydrogen (secondary N) is 1. The average Bonchev–Trinajstić information content (AvgIpc) is 3.11. The van der Waals surface area contributed by atoms with Crippen molar-refractivity contribution >= 4 is 11.4 Å². The number of carbonyl (C=O) groups is 1. The summed E-state index contributed by atoms with van der Waals surface area (Å²) in [4.78, 5) is 16.7. The van der Waals surface area contributed by atoms with E-state index < -0.39 is 0 Å². The van der Waals surface area contributed by atoms with E-state index in [9.17, 15) is 9.18 Å². The van der Waals surface area contributed by atoms with E-state index >= 15 is 0 Å². The topological polar surface area (TPSA) is 59.3 Å². The largest absolute Gasteiger partial charge is 0.350 e. The van der Waals surface area contributed by atoms with Crippen LogP contribution in [0.2, 0.25) is 0 Å². The molecule has 0 bridgehead atoms. The Hall–Kier alpha value is -3.54. The Morgan fingerprint density at radius 2 is 1.75 bits per heavy atom. The molecular weight excluding hydrogens is 355 g/mol. The first-order chi connectivity index (χ1) is 13.5. The summed E-state index contributed by atoms with van der Waals surface area (Å²) in [5, 5.41) is 7.39. The highest BCUT2D eigenvalue weighted by Crippen LogP contribution is 2.24. The van der Waals surface area contributed by atoms with Gasteiger partial charge in [-0.15, -0.1) is 0 Å². The van der Waals surface area contributed by atoms with Crippen LogP contribution in [0.25, 0.3) is 28.0 Å². The fourth-order valence-electron chi connectivity index (χ4n) is 2.99. The van der Waals surface area contributed by atoms with Gasteiger partial charge < -0.3 is 5.32 Å². The number of benzene rings is 2. The summed E-state index contributed by atoms with van der Waals surface area (Å²) < 4.78 is 14.8. The van der Waals surface area contributed by atoms with Crippen molar-refractivity contribution in [3.05, 3.63) is 78.4 Å². The van der Waals surface area contributed by atoms with Crippen molar-refractivity contribution in [2.45, 2.75) is 19.9 Å². The highest BCUT2D eigenvalue weighted by molar-refractivity contribution is 5.95. The lowest BCUT2D eigenvalue weighted by molar-refractivity contribution is 0.0943. The van der Waals surface area contributed by atoms with Crippen molar-refractivity contribution in [3.63, 3.8) is 0 Å². The number of hydrogen-bond donors (Lipinski definition) is 1. The Bertz CT molecular complexity index is 1150. The second-order valence-electron chi connectivity index (χ2n) is 6.89. The van der Waals surface area contributed by atoms with Gasteiger partial charge in [0.1, 0.15) is 12.1 Å². The molecule has 28 heavy (non-hydrogen) atoms. The smallest absolute Gasteiger partial charge is 0.251 e. The van der Waals surface area contributed by atoms with Gasteiger partial charge in [0.25, 0.3) is 5.91 Å². The fourth-order valence-corrected chi connectivity index (χ4v) is 2.99. The van der Waals surface area contributed by atoms with Crippen molar-refractivity contribution in [1.82, 2.24) is 19.9 Å². The molecule has 0 saturated heterocycles. The molecule has 0 radical (unpaired) electrons. The molecule has 0 saturated carbocycles. The van der Waals surface area contributed by atoms with Crippen LogP contribution in [0, 0.1) is 5.82 Å². The van der Waals surface area contributed by atoms with Crippen LogP contribution in [0.5, 0.6) is 0 Å².